The lowest BCUT2D eigenvalue weighted by Crippen LogP contribution is -2.42. The SMILES string of the molecule is O=C(OC1CCCC(OCC2CO2)C1)C(F)(F)S(=O)(=O)[O-]. The molecule has 122 valence electrons. The summed E-state index contributed by atoms with van der Waals surface area (Å²) in [5.41, 5.74) is 0. The van der Waals surface area contributed by atoms with Gasteiger partial charge in [0, 0.05) is 6.42 Å². The van der Waals surface area contributed by atoms with Crippen molar-refractivity contribution in [2.45, 2.75) is 49.2 Å². The van der Waals surface area contributed by atoms with Gasteiger partial charge in [0.2, 0.25) is 0 Å². The molecular weight excluding hydrogens is 314 g/mol. The Balaban J connectivity index is 1.85. The van der Waals surface area contributed by atoms with Gasteiger partial charge >= 0.3 is 11.2 Å². The van der Waals surface area contributed by atoms with Crippen molar-refractivity contribution in [1.82, 2.24) is 0 Å². The van der Waals surface area contributed by atoms with Crippen molar-refractivity contribution >= 4 is 16.1 Å². The highest BCUT2D eigenvalue weighted by atomic mass is 32.2. The first-order valence-corrected chi connectivity index (χ1v) is 7.88. The molecule has 0 bridgehead atoms. The van der Waals surface area contributed by atoms with Crippen LogP contribution in [0.1, 0.15) is 25.7 Å². The molecule has 3 atom stereocenters. The molecule has 10 heteroatoms. The number of halogens is 2. The summed E-state index contributed by atoms with van der Waals surface area (Å²) < 4.78 is 72.0. The number of hydrogen-bond acceptors (Lipinski definition) is 7. The van der Waals surface area contributed by atoms with Crippen molar-refractivity contribution in [3.8, 4) is 0 Å². The second-order valence-corrected chi connectivity index (χ2v) is 6.50. The first-order valence-electron chi connectivity index (χ1n) is 6.47. The number of rotatable bonds is 6. The molecule has 2 aliphatic rings. The zero-order chi connectivity index (χ0) is 15.7. The highest BCUT2D eigenvalue weighted by Gasteiger charge is 2.49. The van der Waals surface area contributed by atoms with Crippen LogP contribution in [0.2, 0.25) is 0 Å². The van der Waals surface area contributed by atoms with Gasteiger partial charge in [-0.2, -0.15) is 8.78 Å². The molecule has 2 rings (SSSR count). The zero-order valence-electron chi connectivity index (χ0n) is 11.0. The second-order valence-electron chi connectivity index (χ2n) is 5.08. The Morgan fingerprint density at radius 1 is 1.33 bits per heavy atom. The third-order valence-corrected chi connectivity index (χ3v) is 4.12. The van der Waals surface area contributed by atoms with Gasteiger partial charge < -0.3 is 18.8 Å². The van der Waals surface area contributed by atoms with Gasteiger partial charge in [-0.3, -0.25) is 0 Å². The summed E-state index contributed by atoms with van der Waals surface area (Å²) in [7, 11) is -6.08. The average Bonchev–Trinajstić information content (AvgIpc) is 3.19. The van der Waals surface area contributed by atoms with Crippen LogP contribution in [0.25, 0.3) is 0 Å². The highest BCUT2D eigenvalue weighted by molar-refractivity contribution is 7.87. The Hall–Kier alpha value is -0.840. The summed E-state index contributed by atoms with van der Waals surface area (Å²) in [5.74, 6) is -2.33. The molecule has 21 heavy (non-hydrogen) atoms. The van der Waals surface area contributed by atoms with Gasteiger partial charge in [0.05, 0.1) is 19.3 Å². The van der Waals surface area contributed by atoms with E-state index < -0.39 is 27.4 Å². The molecule has 0 N–H and O–H groups in total. The normalized spacial score (nSPS) is 30.0. The van der Waals surface area contributed by atoms with Gasteiger partial charge in [0.15, 0.2) is 10.1 Å². The van der Waals surface area contributed by atoms with E-state index in [1.807, 2.05) is 0 Å². The van der Waals surface area contributed by atoms with E-state index in [0.29, 0.717) is 32.5 Å². The fraction of sp³-hybridized carbons (Fsp3) is 0.909. The Morgan fingerprint density at radius 2 is 1.95 bits per heavy atom. The molecule has 1 aliphatic heterocycles. The molecule has 0 radical (unpaired) electrons. The predicted molar refractivity (Wildman–Crippen MR) is 62.5 cm³/mol. The number of ether oxygens (including phenoxy) is 3. The van der Waals surface area contributed by atoms with Crippen molar-refractivity contribution in [2.24, 2.45) is 0 Å². The minimum atomic E-state index is -6.08. The van der Waals surface area contributed by atoms with Crippen LogP contribution >= 0.6 is 0 Å². The molecule has 3 unspecified atom stereocenters. The lowest BCUT2D eigenvalue weighted by molar-refractivity contribution is -0.171. The predicted octanol–water partition coefficient (Wildman–Crippen LogP) is 0.394. The molecule has 0 aromatic carbocycles. The van der Waals surface area contributed by atoms with Gasteiger partial charge in [-0.1, -0.05) is 0 Å². The third kappa shape index (κ3) is 4.31. The van der Waals surface area contributed by atoms with Crippen LogP contribution in [0.3, 0.4) is 0 Å². The van der Waals surface area contributed by atoms with Crippen LogP contribution < -0.4 is 0 Å². The van der Waals surface area contributed by atoms with Gasteiger partial charge in [-0.15, -0.1) is 0 Å². The van der Waals surface area contributed by atoms with Crippen molar-refractivity contribution in [3.05, 3.63) is 0 Å². The van der Waals surface area contributed by atoms with Gasteiger partial charge in [-0.25, -0.2) is 13.2 Å². The quantitative estimate of drug-likeness (QED) is 0.394. The van der Waals surface area contributed by atoms with E-state index in [1.165, 1.54) is 0 Å². The Kier molecular flexibility index (Phi) is 4.81. The Labute approximate surface area is 120 Å². The van der Waals surface area contributed by atoms with Gasteiger partial charge in [0.1, 0.15) is 12.2 Å². The summed E-state index contributed by atoms with van der Waals surface area (Å²) in [5, 5.41) is -5.07. The monoisotopic (exact) mass is 329 g/mol. The third-order valence-electron chi connectivity index (χ3n) is 3.32. The highest BCUT2D eigenvalue weighted by Crippen LogP contribution is 2.28. The molecule has 0 aromatic rings. The molecule has 7 nitrogen and oxygen atoms in total. The molecule has 1 aliphatic carbocycles. The maximum Gasteiger partial charge on any atom is 0.428 e. The molecule has 1 saturated heterocycles. The van der Waals surface area contributed by atoms with Crippen LogP contribution in [0.5, 0.6) is 0 Å². The fourth-order valence-electron chi connectivity index (χ4n) is 2.09. The van der Waals surface area contributed by atoms with Crippen LogP contribution in [0.15, 0.2) is 0 Å². The maximum atomic E-state index is 13.0. The van der Waals surface area contributed by atoms with E-state index in [9.17, 15) is 26.5 Å². The van der Waals surface area contributed by atoms with Gasteiger partial charge in [-0.05, 0) is 19.3 Å². The molecule has 0 aromatic heterocycles. The molecule has 0 amide bonds. The minimum absolute atomic E-state index is 0.0582. The van der Waals surface area contributed by atoms with Crippen molar-refractivity contribution in [2.75, 3.05) is 13.2 Å². The maximum absolute atomic E-state index is 13.0. The lowest BCUT2D eigenvalue weighted by Gasteiger charge is -2.30. The van der Waals surface area contributed by atoms with Crippen LogP contribution in [-0.2, 0) is 29.1 Å². The van der Waals surface area contributed by atoms with Crippen molar-refractivity contribution in [3.63, 3.8) is 0 Å². The summed E-state index contributed by atoms with van der Waals surface area (Å²) in [4.78, 5) is 11.2. The summed E-state index contributed by atoms with van der Waals surface area (Å²) >= 11 is 0. The number of carbonyl (C=O) groups excluding carboxylic acids is 1. The van der Waals surface area contributed by atoms with Crippen molar-refractivity contribution in [1.29, 1.82) is 0 Å². The van der Waals surface area contributed by atoms with E-state index in [1.54, 1.807) is 0 Å². The number of alkyl halides is 2. The number of esters is 1. The van der Waals surface area contributed by atoms with Crippen LogP contribution in [0.4, 0.5) is 8.78 Å². The molecular formula is C11H15F2O7S-. The van der Waals surface area contributed by atoms with Crippen LogP contribution in [0, 0.1) is 0 Å². The number of carbonyl (C=O) groups is 1. The average molecular weight is 329 g/mol. The van der Waals surface area contributed by atoms with Crippen molar-refractivity contribution < 1.29 is 40.8 Å². The van der Waals surface area contributed by atoms with E-state index in [0.717, 1.165) is 0 Å². The molecule has 0 spiro atoms. The van der Waals surface area contributed by atoms with E-state index in [4.69, 9.17) is 9.47 Å². The second kappa shape index (κ2) is 6.11. The Bertz CT molecular complexity index is 489. The number of epoxide rings is 1. The van der Waals surface area contributed by atoms with E-state index in [2.05, 4.69) is 4.74 Å². The summed E-state index contributed by atoms with van der Waals surface area (Å²) in [6.45, 7) is 1.01. The summed E-state index contributed by atoms with van der Waals surface area (Å²) in [6, 6.07) is 0. The zero-order valence-corrected chi connectivity index (χ0v) is 11.8. The molecule has 1 heterocycles. The first-order chi connectivity index (χ1) is 9.70. The standard InChI is InChI=1S/C11H16F2O7S/c12-11(13,21(15,16)17)10(14)20-8-3-1-2-7(4-8)18-5-9-6-19-9/h7-9H,1-6H2,(H,15,16,17)/p-1. The molecule has 2 fully saturated rings. The molecule has 1 saturated carbocycles. The van der Waals surface area contributed by atoms with Gasteiger partial charge in [0.25, 0.3) is 0 Å². The Morgan fingerprint density at radius 3 is 2.52 bits per heavy atom. The summed E-state index contributed by atoms with van der Waals surface area (Å²) in [6.07, 6.45) is 0.694. The topological polar surface area (TPSA) is 105 Å². The largest absolute Gasteiger partial charge is 0.743 e. The first kappa shape index (κ1) is 16.5. The van der Waals surface area contributed by atoms with Crippen LogP contribution in [-0.4, -0.2) is 55.7 Å². The smallest absolute Gasteiger partial charge is 0.428 e. The number of hydrogen-bond donors (Lipinski definition) is 0. The van der Waals surface area contributed by atoms with E-state index >= 15 is 0 Å². The lowest BCUT2D eigenvalue weighted by atomic mass is 9.95. The fourth-order valence-corrected chi connectivity index (χ4v) is 2.34. The van der Waals surface area contributed by atoms with E-state index in [-0.39, 0.29) is 18.6 Å². The minimum Gasteiger partial charge on any atom is -0.743 e.